The molecule has 80 valence electrons. The number of allylic oxidation sites excluding steroid dienone is 3. The Hall–Kier alpha value is -2.28. The normalized spacial score (nSPS) is 14.6. The van der Waals surface area contributed by atoms with Crippen LogP contribution >= 0.6 is 0 Å². The van der Waals surface area contributed by atoms with Crippen molar-refractivity contribution in [2.75, 3.05) is 6.54 Å². The predicted octanol–water partition coefficient (Wildman–Crippen LogP) is -0.227. The molecule has 0 spiro atoms. The molecule has 4 nitrogen and oxygen atoms in total. The standard InChI is InChI=1S/C12H9NO3/c1-7-6-8(4-5-13-7)2-3-9-10(14)12(16)11(9)15/h4,6,13-14H,5H2,1H3. The fraction of sp³-hybridized carbons (Fsp3) is 0.167. The van der Waals surface area contributed by atoms with Crippen molar-refractivity contribution >= 4 is 0 Å². The third kappa shape index (κ3) is 1.63. The summed E-state index contributed by atoms with van der Waals surface area (Å²) < 4.78 is 0. The summed E-state index contributed by atoms with van der Waals surface area (Å²) in [4.78, 5) is 21.7. The quantitative estimate of drug-likeness (QED) is 0.463. The first-order chi connectivity index (χ1) is 7.59. The summed E-state index contributed by atoms with van der Waals surface area (Å²) in [7, 11) is 0. The van der Waals surface area contributed by atoms with Gasteiger partial charge in [0.15, 0.2) is 5.75 Å². The molecule has 1 aromatic carbocycles. The van der Waals surface area contributed by atoms with E-state index in [0.717, 1.165) is 11.3 Å². The summed E-state index contributed by atoms with van der Waals surface area (Å²) in [6.45, 7) is 2.59. The molecule has 1 aromatic rings. The Morgan fingerprint density at radius 3 is 2.69 bits per heavy atom. The first-order valence-corrected chi connectivity index (χ1v) is 4.76. The van der Waals surface area contributed by atoms with E-state index in [1.807, 2.05) is 19.1 Å². The van der Waals surface area contributed by atoms with Gasteiger partial charge in [-0.05, 0) is 19.1 Å². The molecule has 2 rings (SSSR count). The van der Waals surface area contributed by atoms with Gasteiger partial charge in [-0.25, -0.2) is 0 Å². The average Bonchev–Trinajstić information content (AvgIpc) is 2.28. The van der Waals surface area contributed by atoms with Gasteiger partial charge in [-0.2, -0.15) is 0 Å². The molecule has 16 heavy (non-hydrogen) atoms. The molecule has 1 aliphatic rings. The fourth-order valence-corrected chi connectivity index (χ4v) is 1.38. The van der Waals surface area contributed by atoms with E-state index in [1.54, 1.807) is 0 Å². The Bertz CT molecular complexity index is 631. The van der Waals surface area contributed by atoms with Gasteiger partial charge in [0, 0.05) is 17.8 Å². The summed E-state index contributed by atoms with van der Waals surface area (Å²) in [5, 5.41) is 12.2. The van der Waals surface area contributed by atoms with Crippen LogP contribution in [-0.2, 0) is 0 Å². The lowest BCUT2D eigenvalue weighted by Gasteiger charge is -2.08. The monoisotopic (exact) mass is 215 g/mol. The zero-order chi connectivity index (χ0) is 11.7. The molecule has 0 unspecified atom stereocenters. The summed E-state index contributed by atoms with van der Waals surface area (Å²) in [5.41, 5.74) is 0.107. The minimum atomic E-state index is -0.852. The molecule has 0 saturated carbocycles. The minimum absolute atomic E-state index is 0.0875. The van der Waals surface area contributed by atoms with Gasteiger partial charge in [0.1, 0.15) is 5.56 Å². The molecule has 2 N–H and O–H groups in total. The maximum Gasteiger partial charge on any atom is 0.270 e. The van der Waals surface area contributed by atoms with Crippen molar-refractivity contribution < 1.29 is 5.11 Å². The van der Waals surface area contributed by atoms with Crippen LogP contribution in [0.15, 0.2) is 33.0 Å². The molecule has 0 radical (unpaired) electrons. The molecule has 0 atom stereocenters. The molecule has 4 heteroatoms. The van der Waals surface area contributed by atoms with Gasteiger partial charge < -0.3 is 10.4 Å². The van der Waals surface area contributed by atoms with E-state index in [4.69, 9.17) is 5.11 Å². The fourth-order valence-electron chi connectivity index (χ4n) is 1.38. The third-order valence-corrected chi connectivity index (χ3v) is 2.29. The van der Waals surface area contributed by atoms with E-state index in [1.165, 1.54) is 0 Å². The van der Waals surface area contributed by atoms with Gasteiger partial charge in [0.25, 0.3) is 5.43 Å². The molecule has 1 aliphatic heterocycles. The highest BCUT2D eigenvalue weighted by Gasteiger charge is 2.17. The lowest BCUT2D eigenvalue weighted by molar-refractivity contribution is 0.461. The van der Waals surface area contributed by atoms with Crippen molar-refractivity contribution in [3.8, 4) is 17.6 Å². The van der Waals surface area contributed by atoms with Crippen LogP contribution < -0.4 is 16.2 Å². The largest absolute Gasteiger partial charge is 0.503 e. The summed E-state index contributed by atoms with van der Waals surface area (Å²) in [5.74, 6) is 4.73. The number of aromatic hydroxyl groups is 1. The zero-order valence-corrected chi connectivity index (χ0v) is 8.63. The van der Waals surface area contributed by atoms with Crippen molar-refractivity contribution in [2.45, 2.75) is 6.92 Å². The molecule has 0 amide bonds. The average molecular weight is 215 g/mol. The van der Waals surface area contributed by atoms with Crippen LogP contribution in [0.3, 0.4) is 0 Å². The number of hydrogen-bond acceptors (Lipinski definition) is 4. The van der Waals surface area contributed by atoms with E-state index in [-0.39, 0.29) is 5.56 Å². The third-order valence-electron chi connectivity index (χ3n) is 2.29. The van der Waals surface area contributed by atoms with Gasteiger partial charge in [0.2, 0.25) is 5.43 Å². The lowest BCUT2D eigenvalue weighted by atomic mass is 10.1. The lowest BCUT2D eigenvalue weighted by Crippen LogP contribution is -2.33. The molecule has 0 aromatic heterocycles. The second kappa shape index (κ2) is 3.70. The topological polar surface area (TPSA) is 66.4 Å². The Morgan fingerprint density at radius 1 is 1.31 bits per heavy atom. The summed E-state index contributed by atoms with van der Waals surface area (Å²) in [6.07, 6.45) is 3.70. The summed E-state index contributed by atoms with van der Waals surface area (Å²) in [6, 6.07) is 0. The van der Waals surface area contributed by atoms with Gasteiger partial charge in [-0.1, -0.05) is 11.8 Å². The zero-order valence-electron chi connectivity index (χ0n) is 8.63. The molecular weight excluding hydrogens is 206 g/mol. The van der Waals surface area contributed by atoms with Crippen LogP contribution in [0.4, 0.5) is 0 Å². The molecule has 0 fully saturated rings. The maximum absolute atomic E-state index is 11.0. The molecule has 0 saturated heterocycles. The maximum atomic E-state index is 11.0. The second-order valence-electron chi connectivity index (χ2n) is 3.50. The Balaban J connectivity index is 2.28. The number of dihydropyridines is 1. The van der Waals surface area contributed by atoms with E-state index in [2.05, 4.69) is 17.2 Å². The smallest absolute Gasteiger partial charge is 0.270 e. The van der Waals surface area contributed by atoms with Gasteiger partial charge in [-0.15, -0.1) is 0 Å². The van der Waals surface area contributed by atoms with Crippen LogP contribution in [0.5, 0.6) is 5.75 Å². The number of hydrogen-bond donors (Lipinski definition) is 2. The second-order valence-corrected chi connectivity index (χ2v) is 3.50. The van der Waals surface area contributed by atoms with Crippen LogP contribution in [0, 0.1) is 11.8 Å². The van der Waals surface area contributed by atoms with Crippen molar-refractivity contribution in [1.29, 1.82) is 0 Å². The van der Waals surface area contributed by atoms with Gasteiger partial charge in [-0.3, -0.25) is 9.59 Å². The number of nitrogens with one attached hydrogen (secondary N) is 1. The van der Waals surface area contributed by atoms with Gasteiger partial charge in [0.05, 0.1) is 0 Å². The highest BCUT2D eigenvalue weighted by molar-refractivity contribution is 5.54. The summed E-state index contributed by atoms with van der Waals surface area (Å²) >= 11 is 0. The molecule has 1 heterocycles. The first kappa shape index (κ1) is 10.2. The Labute approximate surface area is 91.6 Å². The van der Waals surface area contributed by atoms with E-state index in [0.29, 0.717) is 6.54 Å². The van der Waals surface area contributed by atoms with E-state index in [9.17, 15) is 9.59 Å². The highest BCUT2D eigenvalue weighted by atomic mass is 16.3. The highest BCUT2D eigenvalue weighted by Crippen LogP contribution is 2.08. The van der Waals surface area contributed by atoms with Crippen LogP contribution in [-0.4, -0.2) is 11.7 Å². The van der Waals surface area contributed by atoms with Crippen LogP contribution in [0.25, 0.3) is 0 Å². The number of rotatable bonds is 0. The molecular formula is C12H9NO3. The van der Waals surface area contributed by atoms with Gasteiger partial charge >= 0.3 is 0 Å². The van der Waals surface area contributed by atoms with Crippen molar-refractivity contribution in [3.63, 3.8) is 0 Å². The Kier molecular flexibility index (Phi) is 2.37. The van der Waals surface area contributed by atoms with Crippen molar-refractivity contribution in [2.24, 2.45) is 0 Å². The van der Waals surface area contributed by atoms with E-state index >= 15 is 0 Å². The van der Waals surface area contributed by atoms with Crippen LogP contribution in [0.2, 0.25) is 0 Å². The minimum Gasteiger partial charge on any atom is -0.503 e. The molecule has 0 aliphatic carbocycles. The van der Waals surface area contributed by atoms with Crippen molar-refractivity contribution in [3.05, 3.63) is 49.4 Å². The Morgan fingerprint density at radius 2 is 2.06 bits per heavy atom. The molecule has 0 bridgehead atoms. The van der Waals surface area contributed by atoms with E-state index < -0.39 is 16.6 Å². The van der Waals surface area contributed by atoms with Crippen molar-refractivity contribution in [1.82, 2.24) is 5.32 Å². The first-order valence-electron chi connectivity index (χ1n) is 4.76. The van der Waals surface area contributed by atoms with Crippen LogP contribution in [0.1, 0.15) is 12.5 Å². The predicted molar refractivity (Wildman–Crippen MR) is 59.7 cm³/mol. The SMILES string of the molecule is CC1=CC(C#Cc2c(O)c(=O)c2=O)=CCN1.